The van der Waals surface area contributed by atoms with E-state index in [0.29, 0.717) is 16.7 Å². The summed E-state index contributed by atoms with van der Waals surface area (Å²) in [5, 5.41) is 3.52. The summed E-state index contributed by atoms with van der Waals surface area (Å²) in [6.07, 6.45) is 6.46. The lowest BCUT2D eigenvalue weighted by Crippen LogP contribution is -2.46. The van der Waals surface area contributed by atoms with E-state index >= 15 is 0 Å². The van der Waals surface area contributed by atoms with E-state index in [1.54, 1.807) is 17.3 Å². The number of halogens is 1. The topological polar surface area (TPSA) is 74.2 Å². The molecule has 0 atom stereocenters. The van der Waals surface area contributed by atoms with Crippen molar-refractivity contribution < 1.29 is 4.79 Å². The maximum Gasteiger partial charge on any atom is 0.329 e. The van der Waals surface area contributed by atoms with Crippen molar-refractivity contribution in [2.24, 2.45) is 0 Å². The van der Waals surface area contributed by atoms with Crippen LogP contribution in [-0.4, -0.2) is 40.1 Å². The molecule has 0 spiro atoms. The Kier molecular flexibility index (Phi) is 4.52. The van der Waals surface area contributed by atoms with Gasteiger partial charge in [0.25, 0.3) is 0 Å². The average molecular weight is 407 g/mol. The first-order valence-electron chi connectivity index (χ1n) is 9.57. The van der Waals surface area contributed by atoms with Gasteiger partial charge in [-0.15, -0.1) is 0 Å². The first-order valence-corrected chi connectivity index (χ1v) is 9.95. The number of aromatic nitrogens is 3. The van der Waals surface area contributed by atoms with Gasteiger partial charge in [-0.3, -0.25) is 15.2 Å². The summed E-state index contributed by atoms with van der Waals surface area (Å²) in [5.74, 6) is 1.09. The van der Waals surface area contributed by atoms with Crippen molar-refractivity contribution in [1.82, 2.24) is 15.0 Å². The predicted octanol–water partition coefficient (Wildman–Crippen LogP) is 4.21. The number of rotatable bonds is 2. The van der Waals surface area contributed by atoms with Crippen molar-refractivity contribution in [2.75, 3.05) is 28.2 Å². The van der Waals surface area contributed by atoms with E-state index in [2.05, 4.69) is 26.3 Å². The van der Waals surface area contributed by atoms with E-state index in [0.717, 1.165) is 42.9 Å². The van der Waals surface area contributed by atoms with Crippen molar-refractivity contribution in [3.8, 4) is 11.3 Å². The van der Waals surface area contributed by atoms with Gasteiger partial charge in [0.2, 0.25) is 0 Å². The van der Waals surface area contributed by atoms with Crippen molar-refractivity contribution in [3.63, 3.8) is 0 Å². The summed E-state index contributed by atoms with van der Waals surface area (Å²) in [4.78, 5) is 30.4. The number of carbonyl (C=O) groups is 1. The number of carbonyl (C=O) groups excluding carboxylic acids is 1. The molecule has 29 heavy (non-hydrogen) atoms. The molecule has 1 saturated heterocycles. The molecule has 0 saturated carbocycles. The number of benzene rings is 1. The molecule has 1 aromatic carbocycles. The second kappa shape index (κ2) is 7.33. The van der Waals surface area contributed by atoms with Gasteiger partial charge in [0.05, 0.1) is 17.6 Å². The van der Waals surface area contributed by atoms with Gasteiger partial charge in [0.15, 0.2) is 11.6 Å². The van der Waals surface area contributed by atoms with Crippen LogP contribution >= 0.6 is 11.6 Å². The molecule has 8 heteroatoms. The molecule has 5 heterocycles. The molecule has 3 aromatic rings. The molecule has 6 rings (SSSR count). The molecular formula is C21H19ClN6O. The Morgan fingerprint density at radius 3 is 2.76 bits per heavy atom. The highest BCUT2D eigenvalue weighted by atomic mass is 35.5. The van der Waals surface area contributed by atoms with Gasteiger partial charge >= 0.3 is 6.03 Å². The normalized spacial score (nSPS) is 15.8. The molecule has 0 unspecified atom stereocenters. The molecule has 0 radical (unpaired) electrons. The molecule has 3 aliphatic rings. The van der Waals surface area contributed by atoms with Crippen LogP contribution in [0.1, 0.15) is 12.8 Å². The third-order valence-corrected chi connectivity index (χ3v) is 5.63. The molecule has 2 amide bonds. The highest BCUT2D eigenvalue weighted by Crippen LogP contribution is 2.39. The Morgan fingerprint density at radius 1 is 1.14 bits per heavy atom. The average Bonchev–Trinajstić information content (AvgIpc) is 3.00. The lowest BCUT2D eigenvalue weighted by molar-refractivity contribution is 0.253. The maximum absolute atomic E-state index is 13.2. The number of piperidine rings is 1. The largest absolute Gasteiger partial charge is 0.368 e. The van der Waals surface area contributed by atoms with Crippen LogP contribution < -0.4 is 15.1 Å². The quantitative estimate of drug-likeness (QED) is 0.689. The maximum atomic E-state index is 13.2. The fraction of sp³-hybridized carbons (Fsp3) is 0.238. The van der Waals surface area contributed by atoms with Gasteiger partial charge in [-0.2, -0.15) is 0 Å². The van der Waals surface area contributed by atoms with Crippen LogP contribution in [-0.2, 0) is 0 Å². The van der Waals surface area contributed by atoms with Crippen LogP contribution in [0.3, 0.4) is 0 Å². The Hall–Kier alpha value is -3.19. The Labute approximate surface area is 173 Å². The zero-order valence-electron chi connectivity index (χ0n) is 15.6. The summed E-state index contributed by atoms with van der Waals surface area (Å²) >= 11 is 6.17. The number of fused-ring (bicyclic) bond motifs is 2. The second-order valence-corrected chi connectivity index (χ2v) is 7.60. The third kappa shape index (κ3) is 3.38. The molecule has 2 bridgehead atoms. The summed E-state index contributed by atoms with van der Waals surface area (Å²) in [6.45, 7) is 1.82. The SMILES string of the molecule is O=C(Nc1cnccn1)N1c2nc(-c3cccc(Cl)c3)ccc2N2CCC1CC2. The molecule has 1 fully saturated rings. The number of hydrogen-bond donors (Lipinski definition) is 1. The lowest BCUT2D eigenvalue weighted by Gasteiger charge is -2.31. The minimum Gasteiger partial charge on any atom is -0.368 e. The lowest BCUT2D eigenvalue weighted by atomic mass is 10.1. The van der Waals surface area contributed by atoms with E-state index in [1.165, 1.54) is 6.20 Å². The van der Waals surface area contributed by atoms with Gasteiger partial charge < -0.3 is 4.90 Å². The number of nitrogens with one attached hydrogen (secondary N) is 1. The highest BCUT2D eigenvalue weighted by molar-refractivity contribution is 6.30. The molecule has 0 aliphatic carbocycles. The standard InChI is InChI=1S/C21H19ClN6O/c22-15-3-1-2-14(12-15)17-4-5-18-20(25-17)28(16-6-10-27(18)11-7-16)21(29)26-19-13-23-8-9-24-19/h1-5,8-9,12-13,16H,6-7,10-11H2,(H,24,26,29). The highest BCUT2D eigenvalue weighted by Gasteiger charge is 2.37. The molecular weight excluding hydrogens is 388 g/mol. The first kappa shape index (κ1) is 17.9. The summed E-state index contributed by atoms with van der Waals surface area (Å²) in [5.41, 5.74) is 2.68. The number of hydrogen-bond acceptors (Lipinski definition) is 5. The minimum atomic E-state index is -0.240. The van der Waals surface area contributed by atoms with Crippen LogP contribution in [0.4, 0.5) is 22.1 Å². The number of amides is 2. The van der Waals surface area contributed by atoms with E-state index in [1.807, 2.05) is 30.3 Å². The predicted molar refractivity (Wildman–Crippen MR) is 113 cm³/mol. The van der Waals surface area contributed by atoms with Crippen molar-refractivity contribution in [1.29, 1.82) is 0 Å². The van der Waals surface area contributed by atoms with Crippen molar-refractivity contribution in [3.05, 3.63) is 60.0 Å². The van der Waals surface area contributed by atoms with E-state index < -0.39 is 0 Å². The van der Waals surface area contributed by atoms with E-state index in [9.17, 15) is 4.79 Å². The number of pyridine rings is 1. The Morgan fingerprint density at radius 2 is 2.00 bits per heavy atom. The fourth-order valence-corrected chi connectivity index (χ4v) is 4.20. The van der Waals surface area contributed by atoms with Crippen molar-refractivity contribution in [2.45, 2.75) is 18.9 Å². The molecule has 2 aromatic heterocycles. The summed E-state index contributed by atoms with van der Waals surface area (Å²) in [6, 6.07) is 11.5. The second-order valence-electron chi connectivity index (χ2n) is 7.16. The van der Waals surface area contributed by atoms with Crippen LogP contribution in [0.5, 0.6) is 0 Å². The van der Waals surface area contributed by atoms with Crippen LogP contribution in [0.15, 0.2) is 55.0 Å². The molecule has 146 valence electrons. The number of anilines is 3. The molecule has 7 nitrogen and oxygen atoms in total. The summed E-state index contributed by atoms with van der Waals surface area (Å²) in [7, 11) is 0. The zero-order valence-corrected chi connectivity index (χ0v) is 16.4. The van der Waals surface area contributed by atoms with E-state index in [4.69, 9.17) is 16.6 Å². The minimum absolute atomic E-state index is 0.0892. The number of urea groups is 1. The Bertz CT molecular complexity index is 1050. The monoisotopic (exact) mass is 406 g/mol. The van der Waals surface area contributed by atoms with Gasteiger partial charge in [0.1, 0.15) is 0 Å². The smallest absolute Gasteiger partial charge is 0.329 e. The van der Waals surface area contributed by atoms with Crippen LogP contribution in [0.2, 0.25) is 5.02 Å². The van der Waals surface area contributed by atoms with Crippen LogP contribution in [0.25, 0.3) is 11.3 Å². The first-order chi connectivity index (χ1) is 14.2. The van der Waals surface area contributed by atoms with Gasteiger partial charge in [-0.25, -0.2) is 14.8 Å². The van der Waals surface area contributed by atoms with Crippen molar-refractivity contribution >= 4 is 35.0 Å². The fourth-order valence-electron chi connectivity index (χ4n) is 4.01. The summed E-state index contributed by atoms with van der Waals surface area (Å²) < 4.78 is 0. The Balaban J connectivity index is 1.57. The van der Waals surface area contributed by atoms with Gasteiger partial charge in [-0.1, -0.05) is 23.7 Å². The third-order valence-electron chi connectivity index (χ3n) is 5.39. The van der Waals surface area contributed by atoms with Gasteiger partial charge in [0, 0.05) is 42.1 Å². The van der Waals surface area contributed by atoms with Crippen LogP contribution in [0, 0.1) is 0 Å². The molecule has 1 N–H and O–H groups in total. The van der Waals surface area contributed by atoms with Gasteiger partial charge in [-0.05, 0) is 37.1 Å². The zero-order chi connectivity index (χ0) is 19.8. The number of nitrogens with zero attached hydrogens (tertiary/aromatic N) is 5. The van der Waals surface area contributed by atoms with E-state index in [-0.39, 0.29) is 12.1 Å². The molecule has 3 aliphatic heterocycles.